The summed E-state index contributed by atoms with van der Waals surface area (Å²) in [5.41, 5.74) is 2.21. The largest absolute Gasteiger partial charge is 0.493 e. The number of H-pyrrole nitrogens is 1. The number of rotatable bonds is 6. The lowest BCUT2D eigenvalue weighted by atomic mass is 10.1. The van der Waals surface area contributed by atoms with Gasteiger partial charge in [-0.25, -0.2) is 0 Å². The maximum Gasteiger partial charge on any atom is 0.161 e. The molecule has 0 saturated heterocycles. The van der Waals surface area contributed by atoms with E-state index in [1.807, 2.05) is 24.3 Å². The van der Waals surface area contributed by atoms with Crippen LogP contribution in [0.15, 0.2) is 30.5 Å². The zero-order valence-corrected chi connectivity index (χ0v) is 11.4. The molecule has 5 nitrogen and oxygen atoms in total. The van der Waals surface area contributed by atoms with Gasteiger partial charge in [0.1, 0.15) is 0 Å². The molecule has 1 atom stereocenters. The molecule has 1 aromatic carbocycles. The molecular weight excluding hydrogens is 242 g/mol. The second-order valence-electron chi connectivity index (χ2n) is 4.30. The minimum atomic E-state index is 0.218. The normalized spacial score (nSPS) is 12.2. The Morgan fingerprint density at radius 2 is 2.00 bits per heavy atom. The topological polar surface area (TPSA) is 59.2 Å². The van der Waals surface area contributed by atoms with E-state index in [0.29, 0.717) is 0 Å². The van der Waals surface area contributed by atoms with Crippen LogP contribution in [-0.2, 0) is 6.54 Å². The molecule has 19 heavy (non-hydrogen) atoms. The average Bonchev–Trinajstić information content (AvgIpc) is 2.98. The van der Waals surface area contributed by atoms with Crippen molar-refractivity contribution in [1.29, 1.82) is 0 Å². The molecule has 0 fully saturated rings. The van der Waals surface area contributed by atoms with E-state index in [1.54, 1.807) is 20.4 Å². The van der Waals surface area contributed by atoms with E-state index in [2.05, 4.69) is 22.4 Å². The van der Waals surface area contributed by atoms with Crippen LogP contribution in [0.25, 0.3) is 0 Å². The number of ether oxygens (including phenoxy) is 2. The summed E-state index contributed by atoms with van der Waals surface area (Å²) in [6.07, 6.45) is 1.75. The fourth-order valence-corrected chi connectivity index (χ4v) is 1.88. The molecule has 1 heterocycles. The summed E-state index contributed by atoms with van der Waals surface area (Å²) in [6.45, 7) is 2.84. The number of hydrogen-bond donors (Lipinski definition) is 2. The summed E-state index contributed by atoms with van der Waals surface area (Å²) in [4.78, 5) is 0. The molecule has 102 valence electrons. The molecule has 1 aromatic heterocycles. The lowest BCUT2D eigenvalue weighted by molar-refractivity contribution is 0.354. The Hall–Kier alpha value is -2.01. The Labute approximate surface area is 112 Å². The highest BCUT2D eigenvalue weighted by Crippen LogP contribution is 2.27. The first kappa shape index (κ1) is 13.4. The number of benzene rings is 1. The summed E-state index contributed by atoms with van der Waals surface area (Å²) < 4.78 is 10.5. The molecule has 0 bridgehead atoms. The van der Waals surface area contributed by atoms with Crippen molar-refractivity contribution < 1.29 is 9.47 Å². The van der Waals surface area contributed by atoms with Gasteiger partial charge in [-0.2, -0.15) is 5.10 Å². The van der Waals surface area contributed by atoms with Gasteiger partial charge in [-0.3, -0.25) is 5.10 Å². The van der Waals surface area contributed by atoms with Crippen molar-refractivity contribution >= 4 is 0 Å². The fourth-order valence-electron chi connectivity index (χ4n) is 1.88. The van der Waals surface area contributed by atoms with Crippen LogP contribution in [-0.4, -0.2) is 24.4 Å². The molecular formula is C14H19N3O2. The number of hydrogen-bond acceptors (Lipinski definition) is 4. The molecule has 0 aliphatic carbocycles. The molecule has 5 heteroatoms. The fraction of sp³-hybridized carbons (Fsp3) is 0.357. The van der Waals surface area contributed by atoms with Crippen LogP contribution in [0.4, 0.5) is 0 Å². The Bertz CT molecular complexity index is 511. The van der Waals surface area contributed by atoms with Gasteiger partial charge in [-0.1, -0.05) is 6.07 Å². The molecule has 0 aliphatic heterocycles. The summed E-state index contributed by atoms with van der Waals surface area (Å²) >= 11 is 0. The van der Waals surface area contributed by atoms with Crippen molar-refractivity contribution in [1.82, 2.24) is 15.5 Å². The lowest BCUT2D eigenvalue weighted by Gasteiger charge is -2.13. The van der Waals surface area contributed by atoms with Crippen LogP contribution < -0.4 is 14.8 Å². The first-order valence-corrected chi connectivity index (χ1v) is 6.18. The van der Waals surface area contributed by atoms with Crippen LogP contribution in [0.3, 0.4) is 0 Å². The number of aromatic amines is 1. The van der Waals surface area contributed by atoms with Gasteiger partial charge in [-0.15, -0.1) is 0 Å². The summed E-state index contributed by atoms with van der Waals surface area (Å²) in [7, 11) is 3.28. The Morgan fingerprint density at radius 1 is 1.21 bits per heavy atom. The van der Waals surface area contributed by atoms with Crippen molar-refractivity contribution in [2.45, 2.75) is 19.5 Å². The van der Waals surface area contributed by atoms with E-state index in [0.717, 1.165) is 29.3 Å². The van der Waals surface area contributed by atoms with E-state index < -0.39 is 0 Å². The Morgan fingerprint density at radius 3 is 2.63 bits per heavy atom. The first-order valence-electron chi connectivity index (χ1n) is 6.18. The van der Waals surface area contributed by atoms with Crippen molar-refractivity contribution in [2.24, 2.45) is 0 Å². The summed E-state index contributed by atoms with van der Waals surface area (Å²) in [5, 5.41) is 10.3. The van der Waals surface area contributed by atoms with Crippen LogP contribution in [0.5, 0.6) is 11.5 Å². The second kappa shape index (κ2) is 6.24. The third-order valence-corrected chi connectivity index (χ3v) is 3.05. The Kier molecular flexibility index (Phi) is 4.41. The van der Waals surface area contributed by atoms with Crippen LogP contribution in [0, 0.1) is 0 Å². The zero-order chi connectivity index (χ0) is 13.7. The number of aromatic nitrogens is 2. The molecule has 2 N–H and O–H groups in total. The summed E-state index contributed by atoms with van der Waals surface area (Å²) in [6, 6.07) is 8.10. The van der Waals surface area contributed by atoms with Crippen molar-refractivity contribution in [3.63, 3.8) is 0 Å². The molecule has 2 aromatic rings. The highest BCUT2D eigenvalue weighted by Gasteiger charge is 2.08. The molecule has 0 spiro atoms. The van der Waals surface area contributed by atoms with Gasteiger partial charge < -0.3 is 14.8 Å². The monoisotopic (exact) mass is 261 g/mol. The van der Waals surface area contributed by atoms with E-state index >= 15 is 0 Å². The van der Waals surface area contributed by atoms with Gasteiger partial charge >= 0.3 is 0 Å². The molecule has 0 saturated carbocycles. The lowest BCUT2D eigenvalue weighted by Crippen LogP contribution is -2.18. The van der Waals surface area contributed by atoms with E-state index in [4.69, 9.17) is 9.47 Å². The highest BCUT2D eigenvalue weighted by atomic mass is 16.5. The van der Waals surface area contributed by atoms with Gasteiger partial charge in [0.05, 0.1) is 19.9 Å². The maximum absolute atomic E-state index is 5.29. The van der Waals surface area contributed by atoms with E-state index in [1.165, 1.54) is 0 Å². The van der Waals surface area contributed by atoms with Gasteiger partial charge in [0.25, 0.3) is 0 Å². The van der Waals surface area contributed by atoms with E-state index in [9.17, 15) is 0 Å². The SMILES string of the molecule is COc1ccc(CNC(C)c2ccn[nH]2)cc1OC. The number of methoxy groups -OCH3 is 2. The van der Waals surface area contributed by atoms with Crippen molar-refractivity contribution in [3.05, 3.63) is 41.7 Å². The van der Waals surface area contributed by atoms with Gasteiger partial charge in [-0.05, 0) is 30.7 Å². The summed E-state index contributed by atoms with van der Waals surface area (Å²) in [5.74, 6) is 1.49. The molecule has 0 radical (unpaired) electrons. The standard InChI is InChI=1S/C14H19N3O2/c1-10(12-6-7-16-17-12)15-9-11-4-5-13(18-2)14(8-11)19-3/h4-8,10,15H,9H2,1-3H3,(H,16,17). The predicted molar refractivity (Wildman–Crippen MR) is 73.4 cm³/mol. The third-order valence-electron chi connectivity index (χ3n) is 3.05. The minimum Gasteiger partial charge on any atom is -0.493 e. The smallest absolute Gasteiger partial charge is 0.161 e. The minimum absolute atomic E-state index is 0.218. The van der Waals surface area contributed by atoms with Gasteiger partial charge in [0, 0.05) is 18.8 Å². The second-order valence-corrected chi connectivity index (χ2v) is 4.30. The van der Waals surface area contributed by atoms with Crippen LogP contribution >= 0.6 is 0 Å². The van der Waals surface area contributed by atoms with Crippen molar-refractivity contribution in [3.8, 4) is 11.5 Å². The maximum atomic E-state index is 5.29. The average molecular weight is 261 g/mol. The first-order chi connectivity index (χ1) is 9.24. The number of nitrogens with one attached hydrogen (secondary N) is 2. The van der Waals surface area contributed by atoms with Gasteiger partial charge in [0.2, 0.25) is 0 Å². The molecule has 0 amide bonds. The Balaban J connectivity index is 1.99. The van der Waals surface area contributed by atoms with Crippen LogP contribution in [0.1, 0.15) is 24.2 Å². The zero-order valence-electron chi connectivity index (χ0n) is 11.4. The van der Waals surface area contributed by atoms with Crippen LogP contribution in [0.2, 0.25) is 0 Å². The molecule has 2 rings (SSSR count). The molecule has 1 unspecified atom stereocenters. The highest BCUT2D eigenvalue weighted by molar-refractivity contribution is 5.42. The quantitative estimate of drug-likeness (QED) is 0.837. The van der Waals surface area contributed by atoms with E-state index in [-0.39, 0.29) is 6.04 Å². The van der Waals surface area contributed by atoms with Crippen molar-refractivity contribution in [2.75, 3.05) is 14.2 Å². The molecule has 0 aliphatic rings. The van der Waals surface area contributed by atoms with Gasteiger partial charge in [0.15, 0.2) is 11.5 Å². The number of nitrogens with zero attached hydrogens (tertiary/aromatic N) is 1. The third kappa shape index (κ3) is 3.26. The predicted octanol–water partition coefficient (Wildman–Crippen LogP) is 2.28.